The molecule has 8 nitrogen and oxygen atoms in total. The van der Waals surface area contributed by atoms with Crippen molar-refractivity contribution in [3.05, 3.63) is 40.8 Å². The number of rotatable bonds is 7. The highest BCUT2D eigenvalue weighted by Gasteiger charge is 2.23. The molecule has 0 aliphatic rings. The lowest BCUT2D eigenvalue weighted by molar-refractivity contribution is 0.0503. The summed E-state index contributed by atoms with van der Waals surface area (Å²) >= 11 is 0.900. The first-order valence-corrected chi connectivity index (χ1v) is 10.4. The summed E-state index contributed by atoms with van der Waals surface area (Å²) in [5, 5.41) is 13.0. The van der Waals surface area contributed by atoms with E-state index < -0.39 is 17.6 Å². The molecule has 3 N–H and O–H groups in total. The van der Waals surface area contributed by atoms with Gasteiger partial charge in [-0.1, -0.05) is 27.7 Å². The van der Waals surface area contributed by atoms with Crippen LogP contribution in [0.3, 0.4) is 0 Å². The number of urea groups is 1. The Bertz CT molecular complexity index is 887. The average Bonchev–Trinajstić information content (AvgIpc) is 3.15. The number of ether oxygens (including phenoxy) is 1. The number of nitrogens with one attached hydrogen (secondary N) is 2. The molecule has 1 aromatic heterocycles. The highest BCUT2D eigenvalue weighted by Crippen LogP contribution is 2.34. The molecule has 0 saturated carbocycles. The second kappa shape index (κ2) is 9.53. The van der Waals surface area contributed by atoms with Gasteiger partial charge >= 0.3 is 12.0 Å². The zero-order chi connectivity index (χ0) is 22.6. The molecular formula is C21H29N3O5S. The van der Waals surface area contributed by atoms with E-state index in [2.05, 4.69) is 15.0 Å². The molecule has 2 rings (SSSR count). The maximum atomic E-state index is 12.6. The molecule has 0 radical (unpaired) electrons. The van der Waals surface area contributed by atoms with Gasteiger partial charge in [-0.25, -0.2) is 14.6 Å². The topological polar surface area (TPSA) is 114 Å². The van der Waals surface area contributed by atoms with E-state index in [4.69, 9.17) is 9.15 Å². The predicted molar refractivity (Wildman–Crippen MR) is 116 cm³/mol. The molecule has 2 aromatic rings. The standard InChI is InChI=1S/C21H29N3O5S/c1-11(2)14-8-13(18(25)28-7)9-15(12(3)4)17(14)23-19(26)24-30-20-22-10-16(29-20)21(5,6)27/h8-12,27H,1-7H3,(H2,23,24,26). The van der Waals surface area contributed by atoms with Gasteiger partial charge < -0.3 is 19.6 Å². The van der Waals surface area contributed by atoms with E-state index in [9.17, 15) is 14.7 Å². The van der Waals surface area contributed by atoms with Gasteiger partial charge in [0.15, 0.2) is 5.76 Å². The van der Waals surface area contributed by atoms with E-state index in [1.54, 1.807) is 26.0 Å². The third-order valence-corrected chi connectivity index (χ3v) is 5.07. The molecular weight excluding hydrogens is 406 g/mol. The number of aliphatic hydroxyl groups is 1. The van der Waals surface area contributed by atoms with Crippen molar-refractivity contribution < 1.29 is 23.8 Å². The molecule has 0 spiro atoms. The number of carbonyl (C=O) groups is 2. The Morgan fingerprint density at radius 1 is 1.17 bits per heavy atom. The summed E-state index contributed by atoms with van der Waals surface area (Å²) in [7, 11) is 1.34. The molecule has 0 unspecified atom stereocenters. The molecule has 0 fully saturated rings. The van der Waals surface area contributed by atoms with E-state index in [1.807, 2.05) is 27.7 Å². The molecule has 9 heteroatoms. The Morgan fingerprint density at radius 2 is 1.73 bits per heavy atom. The van der Waals surface area contributed by atoms with Crippen molar-refractivity contribution in [1.82, 2.24) is 9.71 Å². The van der Waals surface area contributed by atoms with Gasteiger partial charge in [0.05, 0.1) is 18.9 Å². The first-order valence-electron chi connectivity index (χ1n) is 9.62. The number of esters is 1. The zero-order valence-corrected chi connectivity index (χ0v) is 19.1. The number of oxazole rings is 1. The number of hydrogen-bond donors (Lipinski definition) is 3. The molecule has 0 atom stereocenters. The number of aromatic nitrogens is 1. The molecule has 0 bridgehead atoms. The Kier molecular flexibility index (Phi) is 7.54. The van der Waals surface area contributed by atoms with Crippen LogP contribution in [0.2, 0.25) is 0 Å². The number of methoxy groups -OCH3 is 1. The van der Waals surface area contributed by atoms with Crippen LogP contribution in [0.25, 0.3) is 0 Å². The highest BCUT2D eigenvalue weighted by atomic mass is 32.2. The SMILES string of the molecule is COC(=O)c1cc(C(C)C)c(NC(=O)NSc2ncc(C(C)(C)O)o2)c(C(C)C)c1. The van der Waals surface area contributed by atoms with Crippen LogP contribution in [0, 0.1) is 0 Å². The predicted octanol–water partition coefficient (Wildman–Crippen LogP) is 4.76. The fraction of sp³-hybridized carbons (Fsp3) is 0.476. The van der Waals surface area contributed by atoms with Gasteiger partial charge in [0.25, 0.3) is 5.22 Å². The van der Waals surface area contributed by atoms with Gasteiger partial charge in [-0.05, 0) is 48.9 Å². The van der Waals surface area contributed by atoms with E-state index in [0.29, 0.717) is 17.0 Å². The monoisotopic (exact) mass is 435 g/mol. The Hall–Kier alpha value is -2.52. The van der Waals surface area contributed by atoms with Gasteiger partial charge in [0.2, 0.25) is 0 Å². The van der Waals surface area contributed by atoms with E-state index in [1.165, 1.54) is 13.3 Å². The van der Waals surface area contributed by atoms with Crippen molar-refractivity contribution in [2.24, 2.45) is 0 Å². The molecule has 30 heavy (non-hydrogen) atoms. The molecule has 0 saturated heterocycles. The third kappa shape index (κ3) is 5.76. The van der Waals surface area contributed by atoms with Gasteiger partial charge in [0, 0.05) is 17.6 Å². The van der Waals surface area contributed by atoms with Crippen LogP contribution in [0.5, 0.6) is 0 Å². The number of benzene rings is 1. The lowest BCUT2D eigenvalue weighted by Gasteiger charge is -2.21. The highest BCUT2D eigenvalue weighted by molar-refractivity contribution is 7.97. The molecule has 164 valence electrons. The minimum Gasteiger partial charge on any atom is -0.465 e. The summed E-state index contributed by atoms with van der Waals surface area (Å²) in [5.74, 6) is 0.0129. The Labute approximate surface area is 180 Å². The van der Waals surface area contributed by atoms with Crippen LogP contribution in [-0.4, -0.2) is 29.2 Å². The second-order valence-corrected chi connectivity index (χ2v) is 8.80. The van der Waals surface area contributed by atoms with Crippen molar-refractivity contribution in [2.45, 2.75) is 64.2 Å². The van der Waals surface area contributed by atoms with Gasteiger partial charge in [-0.2, -0.15) is 0 Å². The molecule has 0 aliphatic carbocycles. The van der Waals surface area contributed by atoms with Gasteiger partial charge in [-0.15, -0.1) is 0 Å². The summed E-state index contributed by atoms with van der Waals surface area (Å²) in [6.07, 6.45) is 1.42. The van der Waals surface area contributed by atoms with Crippen LogP contribution < -0.4 is 10.0 Å². The smallest absolute Gasteiger partial charge is 0.337 e. The summed E-state index contributed by atoms with van der Waals surface area (Å²) in [6, 6.07) is 3.03. The number of amides is 2. The lowest BCUT2D eigenvalue weighted by atomic mass is 9.90. The Balaban J connectivity index is 2.24. The molecule has 1 aromatic carbocycles. The average molecular weight is 436 g/mol. The largest absolute Gasteiger partial charge is 0.465 e. The second-order valence-electron chi connectivity index (χ2n) is 8.04. The third-order valence-electron chi connectivity index (χ3n) is 4.42. The summed E-state index contributed by atoms with van der Waals surface area (Å²) in [4.78, 5) is 28.7. The number of anilines is 1. The quantitative estimate of drug-likeness (QED) is 0.424. The van der Waals surface area contributed by atoms with Crippen LogP contribution in [0.15, 0.2) is 28.0 Å². The lowest BCUT2D eigenvalue weighted by Crippen LogP contribution is -2.25. The molecule has 0 aliphatic heterocycles. The van der Waals surface area contributed by atoms with Crippen molar-refractivity contribution in [3.8, 4) is 0 Å². The summed E-state index contributed by atoms with van der Waals surface area (Å²) in [5.41, 5.74) is 1.62. The van der Waals surface area contributed by atoms with Crippen LogP contribution in [0.4, 0.5) is 10.5 Å². The number of nitrogens with zero attached hydrogens (tertiary/aromatic N) is 1. The van der Waals surface area contributed by atoms with Gasteiger partial charge in [0.1, 0.15) is 5.60 Å². The molecule has 2 amide bonds. The van der Waals surface area contributed by atoms with Crippen molar-refractivity contribution in [2.75, 3.05) is 12.4 Å². The first-order chi connectivity index (χ1) is 13.9. The number of hydrogen-bond acceptors (Lipinski definition) is 7. The molecule has 1 heterocycles. The zero-order valence-electron chi connectivity index (χ0n) is 18.3. The van der Waals surface area contributed by atoms with E-state index >= 15 is 0 Å². The van der Waals surface area contributed by atoms with Crippen molar-refractivity contribution in [1.29, 1.82) is 0 Å². The maximum Gasteiger partial charge on any atom is 0.337 e. The number of carbonyl (C=O) groups excluding carboxylic acids is 2. The minimum absolute atomic E-state index is 0.0659. The summed E-state index contributed by atoms with van der Waals surface area (Å²) < 4.78 is 12.9. The summed E-state index contributed by atoms with van der Waals surface area (Å²) in [6.45, 7) is 11.1. The first kappa shape index (κ1) is 23.8. The Morgan fingerprint density at radius 3 is 2.17 bits per heavy atom. The van der Waals surface area contributed by atoms with E-state index in [0.717, 1.165) is 23.1 Å². The normalized spacial score (nSPS) is 11.7. The van der Waals surface area contributed by atoms with Crippen molar-refractivity contribution in [3.63, 3.8) is 0 Å². The minimum atomic E-state index is -1.16. The maximum absolute atomic E-state index is 12.6. The fourth-order valence-corrected chi connectivity index (χ4v) is 3.26. The van der Waals surface area contributed by atoms with Crippen LogP contribution >= 0.6 is 11.9 Å². The van der Waals surface area contributed by atoms with Crippen LogP contribution in [0.1, 0.15) is 80.6 Å². The van der Waals surface area contributed by atoms with Crippen molar-refractivity contribution >= 4 is 29.6 Å². The fourth-order valence-electron chi connectivity index (χ4n) is 2.80. The van der Waals surface area contributed by atoms with Gasteiger partial charge in [-0.3, -0.25) is 4.72 Å². The van der Waals surface area contributed by atoms with Crippen LogP contribution in [-0.2, 0) is 10.3 Å². The van der Waals surface area contributed by atoms with E-state index in [-0.39, 0.29) is 17.1 Å².